The van der Waals surface area contributed by atoms with E-state index >= 15 is 0 Å². The molecule has 0 spiro atoms. The number of thiazole rings is 2. The fourth-order valence-electron chi connectivity index (χ4n) is 4.18. The Morgan fingerprint density at radius 1 is 0.452 bits per heavy atom. The van der Waals surface area contributed by atoms with Crippen molar-refractivity contribution in [3.63, 3.8) is 0 Å². The Hall–Kier alpha value is -2.45. The predicted octanol–water partition coefficient (Wildman–Crippen LogP) is 10.7. The van der Waals surface area contributed by atoms with Gasteiger partial charge in [-0.25, -0.2) is 15.0 Å². The van der Waals surface area contributed by atoms with Gasteiger partial charge in [-0.15, -0.1) is 22.7 Å². The Morgan fingerprint density at radius 2 is 0.976 bits per heavy atom. The molecule has 4 heterocycles. The minimum Gasteiger partial charge on any atom is -0.446 e. The Balaban J connectivity index is 0.000000281. The molecule has 0 radical (unpaired) electrons. The van der Waals surface area contributed by atoms with Gasteiger partial charge in [-0.1, -0.05) is 55.4 Å². The number of hydrogen-bond acceptors (Lipinski definition) is 8. The number of oxazole rings is 1. The van der Waals surface area contributed by atoms with Crippen molar-refractivity contribution in [3.8, 4) is 0 Å². The van der Waals surface area contributed by atoms with E-state index in [1.165, 1.54) is 31.2 Å². The lowest BCUT2D eigenvalue weighted by Gasteiger charge is -2.09. The zero-order valence-corrected chi connectivity index (χ0v) is 30.9. The summed E-state index contributed by atoms with van der Waals surface area (Å²) in [6.07, 6.45) is 0. The van der Waals surface area contributed by atoms with Gasteiger partial charge in [0.15, 0.2) is 5.89 Å². The number of nitrogens with zero attached hydrogens (tertiary/aromatic N) is 5. The molecule has 6 nitrogen and oxygen atoms in total. The maximum atomic E-state index is 5.26. The van der Waals surface area contributed by atoms with Crippen LogP contribution in [0, 0.1) is 62.3 Å². The highest BCUT2D eigenvalue weighted by Crippen LogP contribution is 2.24. The molecule has 0 amide bonds. The normalized spacial score (nSPS) is 10.9. The molecule has 42 heavy (non-hydrogen) atoms. The van der Waals surface area contributed by atoms with Crippen molar-refractivity contribution < 1.29 is 4.42 Å². The lowest BCUT2D eigenvalue weighted by atomic mass is 10.1. The molecular weight excluding hydrogens is 559 g/mol. The van der Waals surface area contributed by atoms with Gasteiger partial charge < -0.3 is 4.42 Å². The largest absolute Gasteiger partial charge is 0.446 e. The first-order chi connectivity index (χ1) is 19.3. The van der Waals surface area contributed by atoms with Crippen molar-refractivity contribution in [2.45, 2.75) is 141 Å². The number of hydrogen-bond donors (Lipinski definition) is 0. The summed E-state index contributed by atoms with van der Waals surface area (Å²) < 4.78 is 5.26. The molecule has 0 saturated heterocycles. The Bertz CT molecular complexity index is 1320. The minimum absolute atomic E-state index is 0.469. The van der Waals surface area contributed by atoms with Gasteiger partial charge in [0.1, 0.15) is 5.76 Å². The average Bonchev–Trinajstić information content (AvgIpc) is 3.52. The van der Waals surface area contributed by atoms with E-state index in [0.717, 1.165) is 40.1 Å². The molecule has 0 aliphatic carbocycles. The van der Waals surface area contributed by atoms with Gasteiger partial charge in [0.2, 0.25) is 0 Å². The van der Waals surface area contributed by atoms with Crippen LogP contribution in [0.4, 0.5) is 0 Å². The molecule has 0 aliphatic heterocycles. The molecule has 4 aromatic heterocycles. The predicted molar refractivity (Wildman–Crippen MR) is 182 cm³/mol. The lowest BCUT2D eigenvalue weighted by molar-refractivity contribution is 0.492. The van der Waals surface area contributed by atoms with Crippen LogP contribution < -0.4 is 0 Å². The molecule has 8 heteroatoms. The van der Waals surface area contributed by atoms with Crippen LogP contribution in [0.3, 0.4) is 0 Å². The molecule has 0 bridgehead atoms. The molecule has 0 atom stereocenters. The van der Waals surface area contributed by atoms with E-state index in [4.69, 9.17) is 4.42 Å². The van der Waals surface area contributed by atoms with E-state index in [2.05, 4.69) is 108 Å². The number of aromatic nitrogens is 5. The van der Waals surface area contributed by atoms with Gasteiger partial charge in [0.25, 0.3) is 0 Å². The Labute approximate surface area is 263 Å². The van der Waals surface area contributed by atoms with Gasteiger partial charge in [0.05, 0.1) is 49.9 Å². The third-order valence-corrected chi connectivity index (χ3v) is 8.85. The maximum absolute atomic E-state index is 5.26. The number of aryl methyl sites for hydroxylation is 9. The second-order valence-corrected chi connectivity index (χ2v) is 14.7. The van der Waals surface area contributed by atoms with Crippen molar-refractivity contribution in [1.82, 2.24) is 24.9 Å². The van der Waals surface area contributed by atoms with Gasteiger partial charge >= 0.3 is 0 Å². The van der Waals surface area contributed by atoms with Crippen molar-refractivity contribution in [3.05, 3.63) is 71.3 Å². The van der Waals surface area contributed by atoms with Crippen LogP contribution in [0.25, 0.3) is 0 Å². The molecule has 0 unspecified atom stereocenters. The lowest BCUT2D eigenvalue weighted by Crippen LogP contribution is -2.03. The zero-order chi connectivity index (χ0) is 32.5. The smallest absolute Gasteiger partial charge is 0.191 e. The molecule has 0 aromatic carbocycles. The summed E-state index contributed by atoms with van der Waals surface area (Å²) >= 11 is 3.60. The highest BCUT2D eigenvalue weighted by Gasteiger charge is 2.10. The highest BCUT2D eigenvalue weighted by atomic mass is 32.1. The minimum atomic E-state index is 0.469. The monoisotopic (exact) mass is 613 g/mol. The second-order valence-electron chi connectivity index (χ2n) is 12.0. The van der Waals surface area contributed by atoms with Crippen LogP contribution in [-0.4, -0.2) is 24.9 Å². The summed E-state index contributed by atoms with van der Waals surface area (Å²) in [7, 11) is 0. The van der Waals surface area contributed by atoms with E-state index in [1.54, 1.807) is 11.3 Å². The van der Waals surface area contributed by atoms with E-state index in [-0.39, 0.29) is 0 Å². The highest BCUT2D eigenvalue weighted by molar-refractivity contribution is 7.12. The van der Waals surface area contributed by atoms with Gasteiger partial charge in [0, 0.05) is 22.6 Å². The summed E-state index contributed by atoms with van der Waals surface area (Å²) in [4.78, 5) is 24.8. The maximum Gasteiger partial charge on any atom is 0.191 e. The molecule has 0 fully saturated rings. The fourth-order valence-corrected chi connectivity index (χ4v) is 6.08. The van der Waals surface area contributed by atoms with Crippen LogP contribution in [0.2, 0.25) is 0 Å². The SMILES string of the molecule is Cc1nc(C(C)C)c(C)o1.Cc1nc(C(C)C)c(C)s1.Cc1nc(C(C)C)sc1C.Cc1nc(C)c(C(C)C)nc1C. The van der Waals surface area contributed by atoms with Crippen LogP contribution in [0.15, 0.2) is 4.42 Å². The molecule has 234 valence electrons. The Kier molecular flexibility index (Phi) is 15.2. The van der Waals surface area contributed by atoms with Crippen LogP contribution in [-0.2, 0) is 0 Å². The van der Waals surface area contributed by atoms with Crippen molar-refractivity contribution in [1.29, 1.82) is 0 Å². The van der Waals surface area contributed by atoms with Crippen LogP contribution in [0.5, 0.6) is 0 Å². The topological polar surface area (TPSA) is 77.6 Å². The molecule has 0 saturated carbocycles. The summed E-state index contributed by atoms with van der Waals surface area (Å²) in [5.41, 5.74) is 7.81. The first-order valence-corrected chi connectivity index (χ1v) is 16.6. The van der Waals surface area contributed by atoms with E-state index in [0.29, 0.717) is 23.7 Å². The van der Waals surface area contributed by atoms with Crippen LogP contribution >= 0.6 is 22.7 Å². The summed E-state index contributed by atoms with van der Waals surface area (Å²) in [6.45, 7) is 35.5. The van der Waals surface area contributed by atoms with Crippen molar-refractivity contribution in [2.75, 3.05) is 0 Å². The van der Waals surface area contributed by atoms with E-state index < -0.39 is 0 Å². The van der Waals surface area contributed by atoms with E-state index in [9.17, 15) is 0 Å². The molecular formula is C34H55N5OS2. The number of rotatable bonds is 4. The quantitative estimate of drug-likeness (QED) is 0.228. The summed E-state index contributed by atoms with van der Waals surface area (Å²) in [5.74, 6) is 3.81. The van der Waals surface area contributed by atoms with Gasteiger partial charge in [-0.05, 0) is 73.1 Å². The van der Waals surface area contributed by atoms with Gasteiger partial charge in [-0.2, -0.15) is 0 Å². The molecule has 0 aliphatic rings. The van der Waals surface area contributed by atoms with Gasteiger partial charge in [-0.3, -0.25) is 9.97 Å². The average molecular weight is 614 g/mol. The standard InChI is InChI=1S/C10H16N2.C8H13NO.2C8H13NS/c1-6(2)10-9(5)11-7(3)8(4)12-10;2*1-5(2)8-6(3)10-7(4)9-8;1-5(2)8-9-6(3)7(4)10-8/h6H,1-5H3;3*5H,1-4H3. The second kappa shape index (κ2) is 17.0. The Morgan fingerprint density at radius 3 is 1.26 bits per heavy atom. The third-order valence-electron chi connectivity index (χ3n) is 6.58. The van der Waals surface area contributed by atoms with Crippen molar-refractivity contribution >= 4 is 22.7 Å². The first-order valence-electron chi connectivity index (χ1n) is 15.0. The summed E-state index contributed by atoms with van der Waals surface area (Å²) in [5, 5.41) is 2.44. The van der Waals surface area contributed by atoms with Crippen molar-refractivity contribution in [2.24, 2.45) is 0 Å². The first kappa shape index (κ1) is 37.6. The van der Waals surface area contributed by atoms with Crippen LogP contribution in [0.1, 0.15) is 150 Å². The molecule has 0 N–H and O–H groups in total. The zero-order valence-electron chi connectivity index (χ0n) is 29.3. The molecule has 4 aromatic rings. The third kappa shape index (κ3) is 11.7. The van der Waals surface area contributed by atoms with E-state index in [1.807, 2.05) is 46.0 Å². The fraction of sp³-hybridized carbons (Fsp3) is 0.618. The molecule has 4 rings (SSSR count). The summed E-state index contributed by atoms with van der Waals surface area (Å²) in [6, 6.07) is 0.